The van der Waals surface area contributed by atoms with Gasteiger partial charge in [-0.05, 0) is 38.5 Å². The van der Waals surface area contributed by atoms with Crippen LogP contribution in [0.4, 0.5) is 0 Å². The SMILES string of the molecule is Cc1occc1C(N)c1cncc(OC(C)C)c1. The molecular formula is C14H18N2O2. The number of ether oxygens (including phenoxy) is 1. The third-order valence-electron chi connectivity index (χ3n) is 2.70. The van der Waals surface area contributed by atoms with Crippen LogP contribution in [0.1, 0.15) is 36.8 Å². The van der Waals surface area contributed by atoms with E-state index in [9.17, 15) is 0 Å². The van der Waals surface area contributed by atoms with Gasteiger partial charge < -0.3 is 14.9 Å². The van der Waals surface area contributed by atoms with Crippen molar-refractivity contribution in [2.75, 3.05) is 0 Å². The van der Waals surface area contributed by atoms with Crippen molar-refractivity contribution in [3.63, 3.8) is 0 Å². The number of pyridine rings is 1. The lowest BCUT2D eigenvalue weighted by Gasteiger charge is -2.14. The second-order valence-electron chi connectivity index (χ2n) is 4.53. The topological polar surface area (TPSA) is 61.3 Å². The molecule has 1 unspecified atom stereocenters. The maximum Gasteiger partial charge on any atom is 0.138 e. The van der Waals surface area contributed by atoms with Crippen molar-refractivity contribution in [1.29, 1.82) is 0 Å². The number of nitrogens with two attached hydrogens (primary N) is 1. The van der Waals surface area contributed by atoms with E-state index < -0.39 is 0 Å². The largest absolute Gasteiger partial charge is 0.489 e. The van der Waals surface area contributed by atoms with Crippen LogP contribution >= 0.6 is 0 Å². The predicted molar refractivity (Wildman–Crippen MR) is 69.5 cm³/mol. The van der Waals surface area contributed by atoms with E-state index in [-0.39, 0.29) is 12.1 Å². The maximum absolute atomic E-state index is 6.21. The molecule has 0 aromatic carbocycles. The van der Waals surface area contributed by atoms with Gasteiger partial charge in [-0.15, -0.1) is 0 Å². The van der Waals surface area contributed by atoms with Gasteiger partial charge in [0, 0.05) is 11.8 Å². The highest BCUT2D eigenvalue weighted by Crippen LogP contribution is 2.25. The van der Waals surface area contributed by atoms with Crippen LogP contribution in [-0.2, 0) is 0 Å². The Kier molecular flexibility index (Phi) is 3.67. The summed E-state index contributed by atoms with van der Waals surface area (Å²) in [6.07, 6.45) is 5.21. The first-order valence-corrected chi connectivity index (χ1v) is 5.99. The van der Waals surface area contributed by atoms with Gasteiger partial charge >= 0.3 is 0 Å². The van der Waals surface area contributed by atoms with Crippen molar-refractivity contribution in [3.8, 4) is 5.75 Å². The molecule has 96 valence electrons. The Labute approximate surface area is 107 Å². The molecular weight excluding hydrogens is 228 g/mol. The van der Waals surface area contributed by atoms with Gasteiger partial charge in [-0.3, -0.25) is 4.98 Å². The fourth-order valence-corrected chi connectivity index (χ4v) is 1.84. The highest BCUT2D eigenvalue weighted by molar-refractivity contribution is 5.34. The number of hydrogen-bond acceptors (Lipinski definition) is 4. The molecule has 0 saturated heterocycles. The normalized spacial score (nSPS) is 12.7. The average Bonchev–Trinajstić information content (AvgIpc) is 2.74. The minimum Gasteiger partial charge on any atom is -0.489 e. The lowest BCUT2D eigenvalue weighted by molar-refractivity contribution is 0.241. The molecule has 0 saturated carbocycles. The summed E-state index contributed by atoms with van der Waals surface area (Å²) in [6.45, 7) is 5.86. The van der Waals surface area contributed by atoms with Gasteiger partial charge in [0.2, 0.25) is 0 Å². The van der Waals surface area contributed by atoms with E-state index in [1.807, 2.05) is 32.9 Å². The molecule has 0 spiro atoms. The number of nitrogens with zero attached hydrogens (tertiary/aromatic N) is 1. The molecule has 18 heavy (non-hydrogen) atoms. The summed E-state index contributed by atoms with van der Waals surface area (Å²) in [5.74, 6) is 1.57. The highest BCUT2D eigenvalue weighted by atomic mass is 16.5. The molecule has 0 amide bonds. The standard InChI is InChI=1S/C14H18N2O2/c1-9(2)18-12-6-11(7-16-8-12)14(15)13-4-5-17-10(13)3/h4-9,14H,15H2,1-3H3. The Balaban J connectivity index is 2.25. The van der Waals surface area contributed by atoms with E-state index in [1.54, 1.807) is 18.7 Å². The Morgan fingerprint density at radius 3 is 2.72 bits per heavy atom. The zero-order chi connectivity index (χ0) is 13.1. The first kappa shape index (κ1) is 12.6. The van der Waals surface area contributed by atoms with Gasteiger partial charge in [-0.25, -0.2) is 0 Å². The maximum atomic E-state index is 6.21. The van der Waals surface area contributed by atoms with Crippen LogP contribution in [0.2, 0.25) is 0 Å². The Morgan fingerprint density at radius 1 is 1.33 bits per heavy atom. The zero-order valence-corrected chi connectivity index (χ0v) is 10.9. The fraction of sp³-hybridized carbons (Fsp3) is 0.357. The van der Waals surface area contributed by atoms with E-state index in [0.29, 0.717) is 0 Å². The van der Waals surface area contributed by atoms with E-state index in [0.717, 1.165) is 22.6 Å². The second-order valence-corrected chi connectivity index (χ2v) is 4.53. The Bertz CT molecular complexity index is 520. The summed E-state index contributed by atoms with van der Waals surface area (Å²) in [7, 11) is 0. The molecule has 0 fully saturated rings. The number of aromatic nitrogens is 1. The van der Waals surface area contributed by atoms with Crippen molar-refractivity contribution < 1.29 is 9.15 Å². The zero-order valence-electron chi connectivity index (χ0n) is 10.9. The molecule has 2 N–H and O–H groups in total. The molecule has 4 heteroatoms. The van der Waals surface area contributed by atoms with Crippen molar-refractivity contribution in [3.05, 3.63) is 47.7 Å². The van der Waals surface area contributed by atoms with Crippen LogP contribution in [-0.4, -0.2) is 11.1 Å². The highest BCUT2D eigenvalue weighted by Gasteiger charge is 2.14. The first-order chi connectivity index (χ1) is 8.58. The number of furan rings is 1. The second kappa shape index (κ2) is 5.23. The van der Waals surface area contributed by atoms with Gasteiger partial charge in [0.05, 0.1) is 24.6 Å². The molecule has 2 aromatic rings. The monoisotopic (exact) mass is 246 g/mol. The third kappa shape index (κ3) is 2.71. The first-order valence-electron chi connectivity index (χ1n) is 5.99. The summed E-state index contributed by atoms with van der Waals surface area (Å²) in [5, 5.41) is 0. The van der Waals surface area contributed by atoms with Crippen LogP contribution in [0.25, 0.3) is 0 Å². The van der Waals surface area contributed by atoms with Gasteiger partial charge in [0.25, 0.3) is 0 Å². The number of rotatable bonds is 4. The van der Waals surface area contributed by atoms with Crippen LogP contribution in [0.15, 0.2) is 35.2 Å². The van der Waals surface area contributed by atoms with E-state index in [2.05, 4.69) is 4.98 Å². The summed E-state index contributed by atoms with van der Waals surface area (Å²) < 4.78 is 10.9. The molecule has 0 aliphatic rings. The Morgan fingerprint density at radius 2 is 2.11 bits per heavy atom. The summed E-state index contributed by atoms with van der Waals surface area (Å²) in [6, 6.07) is 3.56. The lowest BCUT2D eigenvalue weighted by Crippen LogP contribution is -2.13. The van der Waals surface area contributed by atoms with E-state index in [1.165, 1.54) is 0 Å². The lowest BCUT2D eigenvalue weighted by atomic mass is 10.0. The molecule has 2 rings (SSSR count). The van der Waals surface area contributed by atoms with Crippen molar-refractivity contribution in [2.24, 2.45) is 5.73 Å². The van der Waals surface area contributed by atoms with Crippen molar-refractivity contribution in [1.82, 2.24) is 4.98 Å². The molecule has 2 aromatic heterocycles. The van der Waals surface area contributed by atoms with Crippen LogP contribution in [0, 0.1) is 6.92 Å². The molecule has 4 nitrogen and oxygen atoms in total. The third-order valence-corrected chi connectivity index (χ3v) is 2.70. The summed E-state index contributed by atoms with van der Waals surface area (Å²) in [5.41, 5.74) is 8.09. The van der Waals surface area contributed by atoms with Crippen LogP contribution in [0.5, 0.6) is 5.75 Å². The van der Waals surface area contributed by atoms with E-state index >= 15 is 0 Å². The molecule has 1 atom stereocenters. The minimum absolute atomic E-state index is 0.119. The molecule has 2 heterocycles. The molecule has 0 aliphatic heterocycles. The van der Waals surface area contributed by atoms with Crippen LogP contribution < -0.4 is 10.5 Å². The van der Waals surface area contributed by atoms with Gasteiger partial charge in [-0.2, -0.15) is 0 Å². The quantitative estimate of drug-likeness (QED) is 0.901. The smallest absolute Gasteiger partial charge is 0.138 e. The van der Waals surface area contributed by atoms with Gasteiger partial charge in [0.15, 0.2) is 0 Å². The fourth-order valence-electron chi connectivity index (χ4n) is 1.84. The number of hydrogen-bond donors (Lipinski definition) is 1. The molecule has 0 bridgehead atoms. The number of aryl methyl sites for hydroxylation is 1. The van der Waals surface area contributed by atoms with Crippen molar-refractivity contribution >= 4 is 0 Å². The van der Waals surface area contributed by atoms with Crippen molar-refractivity contribution in [2.45, 2.75) is 32.9 Å². The molecule has 0 aliphatic carbocycles. The minimum atomic E-state index is -0.244. The van der Waals surface area contributed by atoms with E-state index in [4.69, 9.17) is 14.9 Å². The summed E-state index contributed by atoms with van der Waals surface area (Å²) >= 11 is 0. The predicted octanol–water partition coefficient (Wildman–Crippen LogP) is 2.82. The van der Waals surface area contributed by atoms with Gasteiger partial charge in [0.1, 0.15) is 11.5 Å². The Hall–Kier alpha value is -1.81. The average molecular weight is 246 g/mol. The summed E-state index contributed by atoms with van der Waals surface area (Å²) in [4.78, 5) is 4.16. The van der Waals surface area contributed by atoms with Gasteiger partial charge in [-0.1, -0.05) is 0 Å². The van der Waals surface area contributed by atoms with Crippen LogP contribution in [0.3, 0.4) is 0 Å². The molecule has 0 radical (unpaired) electrons.